The van der Waals surface area contributed by atoms with Crippen LogP contribution in [0.2, 0.25) is 0 Å². The maximum atomic E-state index is 5.43. The van der Waals surface area contributed by atoms with Gasteiger partial charge in [-0.15, -0.1) is 0 Å². The Balaban J connectivity index is 1.48. The van der Waals surface area contributed by atoms with E-state index in [0.717, 1.165) is 36.0 Å². The Morgan fingerprint density at radius 2 is 2.04 bits per heavy atom. The van der Waals surface area contributed by atoms with Gasteiger partial charge in [-0.1, -0.05) is 24.3 Å². The lowest BCUT2D eigenvalue weighted by atomic mass is 10.2. The molecule has 2 aliphatic heterocycles. The van der Waals surface area contributed by atoms with Crippen LogP contribution < -0.4 is 19.7 Å². The van der Waals surface area contributed by atoms with Crippen LogP contribution in [0.15, 0.2) is 47.5 Å². The van der Waals surface area contributed by atoms with E-state index in [0.29, 0.717) is 13.3 Å². The van der Waals surface area contributed by atoms with E-state index in [1.54, 1.807) is 0 Å². The molecule has 0 atom stereocenters. The van der Waals surface area contributed by atoms with Crippen molar-refractivity contribution in [3.63, 3.8) is 0 Å². The van der Waals surface area contributed by atoms with Crippen LogP contribution in [0.25, 0.3) is 0 Å². The molecule has 0 bridgehead atoms. The third-order valence-corrected chi connectivity index (χ3v) is 4.24. The second-order valence-electron chi connectivity index (χ2n) is 5.62. The SMILES string of the molecule is CN=C(NCc1ccc2c(c1)OCO2)N1CCc2ccccc21. The molecule has 0 saturated carbocycles. The molecule has 0 spiro atoms. The summed E-state index contributed by atoms with van der Waals surface area (Å²) in [5.41, 5.74) is 3.76. The van der Waals surface area contributed by atoms with Crippen molar-refractivity contribution in [3.8, 4) is 11.5 Å². The summed E-state index contributed by atoms with van der Waals surface area (Å²) in [4.78, 5) is 6.67. The van der Waals surface area contributed by atoms with Gasteiger partial charge in [0.2, 0.25) is 6.79 Å². The monoisotopic (exact) mass is 309 g/mol. The van der Waals surface area contributed by atoms with E-state index in [2.05, 4.69) is 39.5 Å². The molecule has 118 valence electrons. The third kappa shape index (κ3) is 2.59. The largest absolute Gasteiger partial charge is 0.454 e. The molecule has 0 aromatic heterocycles. The second-order valence-corrected chi connectivity index (χ2v) is 5.62. The first-order valence-corrected chi connectivity index (χ1v) is 7.80. The summed E-state index contributed by atoms with van der Waals surface area (Å²) in [5, 5.41) is 3.44. The molecule has 0 amide bonds. The van der Waals surface area contributed by atoms with E-state index < -0.39 is 0 Å². The molecular weight excluding hydrogens is 290 g/mol. The van der Waals surface area contributed by atoms with Gasteiger partial charge in [0.25, 0.3) is 0 Å². The van der Waals surface area contributed by atoms with Gasteiger partial charge in [0.1, 0.15) is 0 Å². The maximum absolute atomic E-state index is 5.43. The van der Waals surface area contributed by atoms with Crippen LogP contribution in [0, 0.1) is 0 Å². The van der Waals surface area contributed by atoms with E-state index in [1.807, 2.05) is 25.2 Å². The van der Waals surface area contributed by atoms with Crippen LogP contribution >= 0.6 is 0 Å². The Morgan fingerprint density at radius 1 is 1.17 bits per heavy atom. The topological polar surface area (TPSA) is 46.1 Å². The second kappa shape index (κ2) is 5.83. The molecule has 0 fully saturated rings. The number of nitrogens with zero attached hydrogens (tertiary/aromatic N) is 2. The van der Waals surface area contributed by atoms with E-state index in [1.165, 1.54) is 11.3 Å². The standard InChI is InChI=1S/C18H19N3O2/c1-19-18(21-9-8-14-4-2-3-5-15(14)21)20-11-13-6-7-16-17(10-13)23-12-22-16/h2-7,10H,8-9,11-12H2,1H3,(H,19,20). The Labute approximate surface area is 135 Å². The minimum Gasteiger partial charge on any atom is -0.454 e. The van der Waals surface area contributed by atoms with Crippen LogP contribution in [0.1, 0.15) is 11.1 Å². The molecule has 1 N–H and O–H groups in total. The van der Waals surface area contributed by atoms with Gasteiger partial charge in [-0.2, -0.15) is 0 Å². The number of anilines is 1. The molecule has 0 unspecified atom stereocenters. The Bertz CT molecular complexity index is 758. The van der Waals surface area contributed by atoms with E-state index in [-0.39, 0.29) is 0 Å². The third-order valence-electron chi connectivity index (χ3n) is 4.24. The summed E-state index contributed by atoms with van der Waals surface area (Å²) < 4.78 is 10.8. The highest BCUT2D eigenvalue weighted by Gasteiger charge is 2.22. The lowest BCUT2D eigenvalue weighted by Gasteiger charge is -2.22. The van der Waals surface area contributed by atoms with Crippen LogP contribution in [0.5, 0.6) is 11.5 Å². The summed E-state index contributed by atoms with van der Waals surface area (Å²) in [5.74, 6) is 2.52. The minimum absolute atomic E-state index is 0.304. The molecule has 2 aromatic carbocycles. The first-order valence-electron chi connectivity index (χ1n) is 7.80. The Hall–Kier alpha value is -2.69. The molecule has 0 radical (unpaired) electrons. The summed E-state index contributed by atoms with van der Waals surface area (Å²) in [7, 11) is 1.82. The Morgan fingerprint density at radius 3 is 2.96 bits per heavy atom. The van der Waals surface area contributed by atoms with Crippen LogP contribution in [-0.2, 0) is 13.0 Å². The molecule has 23 heavy (non-hydrogen) atoms. The summed E-state index contributed by atoms with van der Waals surface area (Å²) in [6.45, 7) is 1.96. The summed E-state index contributed by atoms with van der Waals surface area (Å²) in [6, 6.07) is 14.5. The molecule has 2 aromatic rings. The lowest BCUT2D eigenvalue weighted by Crippen LogP contribution is -2.40. The first kappa shape index (κ1) is 13.9. The molecule has 4 rings (SSSR count). The van der Waals surface area contributed by atoms with Gasteiger partial charge in [0, 0.05) is 25.8 Å². The van der Waals surface area contributed by atoms with E-state index >= 15 is 0 Å². The van der Waals surface area contributed by atoms with Gasteiger partial charge in [-0.3, -0.25) is 4.99 Å². The van der Waals surface area contributed by atoms with Crippen molar-refractivity contribution in [2.45, 2.75) is 13.0 Å². The predicted octanol–water partition coefficient (Wildman–Crippen LogP) is 2.55. The van der Waals surface area contributed by atoms with Crippen molar-refractivity contribution < 1.29 is 9.47 Å². The zero-order valence-corrected chi connectivity index (χ0v) is 13.1. The fraction of sp³-hybridized carbons (Fsp3) is 0.278. The number of para-hydroxylation sites is 1. The zero-order valence-electron chi connectivity index (χ0n) is 13.1. The number of nitrogens with one attached hydrogen (secondary N) is 1. The molecule has 5 nitrogen and oxygen atoms in total. The van der Waals surface area contributed by atoms with Crippen LogP contribution in [-0.4, -0.2) is 26.3 Å². The smallest absolute Gasteiger partial charge is 0.231 e. The highest BCUT2D eigenvalue weighted by atomic mass is 16.7. The van der Waals surface area contributed by atoms with Gasteiger partial charge >= 0.3 is 0 Å². The number of hydrogen-bond acceptors (Lipinski definition) is 3. The van der Waals surface area contributed by atoms with Crippen molar-refractivity contribution in [3.05, 3.63) is 53.6 Å². The van der Waals surface area contributed by atoms with Crippen molar-refractivity contribution in [1.82, 2.24) is 5.32 Å². The van der Waals surface area contributed by atoms with Gasteiger partial charge in [0.15, 0.2) is 17.5 Å². The number of benzene rings is 2. The van der Waals surface area contributed by atoms with Gasteiger partial charge in [-0.25, -0.2) is 0 Å². The highest BCUT2D eigenvalue weighted by Crippen LogP contribution is 2.32. The first-order chi connectivity index (χ1) is 11.3. The van der Waals surface area contributed by atoms with Gasteiger partial charge in [-0.05, 0) is 35.7 Å². The van der Waals surface area contributed by atoms with E-state index in [4.69, 9.17) is 9.47 Å². The quantitative estimate of drug-likeness (QED) is 0.684. The van der Waals surface area contributed by atoms with Crippen LogP contribution in [0.3, 0.4) is 0 Å². The maximum Gasteiger partial charge on any atom is 0.231 e. The van der Waals surface area contributed by atoms with Crippen molar-refractivity contribution in [1.29, 1.82) is 0 Å². The lowest BCUT2D eigenvalue weighted by molar-refractivity contribution is 0.174. The van der Waals surface area contributed by atoms with Gasteiger partial charge < -0.3 is 19.7 Å². The number of aliphatic imine (C=N–C) groups is 1. The number of hydrogen-bond donors (Lipinski definition) is 1. The molecule has 5 heteroatoms. The zero-order chi connectivity index (χ0) is 15.6. The highest BCUT2D eigenvalue weighted by molar-refractivity contribution is 5.97. The van der Waals surface area contributed by atoms with Crippen molar-refractivity contribution in [2.75, 3.05) is 25.3 Å². The Kier molecular flexibility index (Phi) is 3.54. The van der Waals surface area contributed by atoms with Crippen molar-refractivity contribution >= 4 is 11.6 Å². The van der Waals surface area contributed by atoms with Gasteiger partial charge in [0.05, 0.1) is 0 Å². The minimum atomic E-state index is 0.304. The average molecular weight is 309 g/mol. The number of guanidine groups is 1. The molecular formula is C18H19N3O2. The van der Waals surface area contributed by atoms with Crippen molar-refractivity contribution in [2.24, 2.45) is 4.99 Å². The average Bonchev–Trinajstić information content (AvgIpc) is 3.22. The summed E-state index contributed by atoms with van der Waals surface area (Å²) in [6.07, 6.45) is 1.06. The molecule has 0 aliphatic carbocycles. The summed E-state index contributed by atoms with van der Waals surface area (Å²) >= 11 is 0. The number of fused-ring (bicyclic) bond motifs is 2. The number of rotatable bonds is 2. The predicted molar refractivity (Wildman–Crippen MR) is 90.3 cm³/mol. The number of ether oxygens (including phenoxy) is 2. The van der Waals surface area contributed by atoms with E-state index in [9.17, 15) is 0 Å². The molecule has 0 saturated heterocycles. The fourth-order valence-corrected chi connectivity index (χ4v) is 3.09. The molecule has 2 aliphatic rings. The van der Waals surface area contributed by atoms with Crippen LogP contribution in [0.4, 0.5) is 5.69 Å². The molecule has 2 heterocycles. The normalized spacial score (nSPS) is 15.7. The fourth-order valence-electron chi connectivity index (χ4n) is 3.09.